The summed E-state index contributed by atoms with van der Waals surface area (Å²) in [7, 11) is 0. The minimum atomic E-state index is 0.433. The molecule has 1 saturated heterocycles. The molecule has 3 rings (SSSR count). The summed E-state index contributed by atoms with van der Waals surface area (Å²) >= 11 is 1.55. The first kappa shape index (κ1) is 12.6. The van der Waals surface area contributed by atoms with Crippen LogP contribution in [0.4, 0.5) is 5.13 Å². The van der Waals surface area contributed by atoms with E-state index < -0.39 is 0 Å². The van der Waals surface area contributed by atoms with E-state index in [0.717, 1.165) is 18.8 Å². The molecule has 0 spiro atoms. The van der Waals surface area contributed by atoms with Crippen molar-refractivity contribution in [1.29, 1.82) is 0 Å². The molecule has 1 aromatic heterocycles. The summed E-state index contributed by atoms with van der Waals surface area (Å²) in [6, 6.07) is 11.1. The zero-order valence-electron chi connectivity index (χ0n) is 11.0. The van der Waals surface area contributed by atoms with Crippen LogP contribution in [-0.2, 0) is 6.54 Å². The van der Waals surface area contributed by atoms with Crippen molar-refractivity contribution in [2.45, 2.75) is 31.8 Å². The second-order valence-electron chi connectivity index (χ2n) is 5.08. The van der Waals surface area contributed by atoms with Gasteiger partial charge in [0.2, 0.25) is 0 Å². The van der Waals surface area contributed by atoms with Gasteiger partial charge in [-0.05, 0) is 24.9 Å². The van der Waals surface area contributed by atoms with Gasteiger partial charge in [-0.15, -0.1) is 11.3 Å². The minimum absolute atomic E-state index is 0.433. The lowest BCUT2D eigenvalue weighted by Gasteiger charge is -2.34. The van der Waals surface area contributed by atoms with Gasteiger partial charge in [0.15, 0.2) is 5.13 Å². The largest absolute Gasteiger partial charge is 0.375 e. The number of benzene rings is 1. The van der Waals surface area contributed by atoms with Gasteiger partial charge in [-0.3, -0.25) is 4.90 Å². The quantitative estimate of drug-likeness (QED) is 0.931. The van der Waals surface area contributed by atoms with Gasteiger partial charge in [0.05, 0.1) is 11.7 Å². The van der Waals surface area contributed by atoms with E-state index in [1.54, 1.807) is 11.3 Å². The third kappa shape index (κ3) is 2.96. The van der Waals surface area contributed by atoms with Crippen LogP contribution < -0.4 is 5.73 Å². The number of likely N-dealkylation sites (tertiary alicyclic amines) is 1. The molecule has 1 fully saturated rings. The molecule has 0 aliphatic carbocycles. The number of nitrogens with zero attached hydrogens (tertiary/aromatic N) is 2. The molecule has 1 atom stereocenters. The van der Waals surface area contributed by atoms with Gasteiger partial charge in [0.1, 0.15) is 0 Å². The molecule has 4 heteroatoms. The Hall–Kier alpha value is -1.39. The Kier molecular flexibility index (Phi) is 3.80. The number of rotatable bonds is 3. The van der Waals surface area contributed by atoms with Crippen LogP contribution in [0.1, 0.15) is 36.6 Å². The number of hydrogen-bond acceptors (Lipinski definition) is 4. The summed E-state index contributed by atoms with van der Waals surface area (Å²) in [5, 5.41) is 2.80. The van der Waals surface area contributed by atoms with Crippen LogP contribution >= 0.6 is 11.3 Å². The molecule has 0 saturated carbocycles. The van der Waals surface area contributed by atoms with E-state index in [9.17, 15) is 0 Å². The number of thiazole rings is 1. The molecular formula is C15H19N3S. The Balaban J connectivity index is 1.77. The molecule has 1 unspecified atom stereocenters. The Morgan fingerprint density at radius 3 is 2.84 bits per heavy atom. The van der Waals surface area contributed by atoms with Gasteiger partial charge in [-0.25, -0.2) is 4.98 Å². The van der Waals surface area contributed by atoms with Crippen molar-refractivity contribution in [3.8, 4) is 0 Å². The first-order valence-electron chi connectivity index (χ1n) is 6.82. The van der Waals surface area contributed by atoms with E-state index in [0.29, 0.717) is 11.2 Å². The molecule has 1 aliphatic rings. The van der Waals surface area contributed by atoms with E-state index in [4.69, 9.17) is 5.73 Å². The first-order chi connectivity index (χ1) is 9.33. The van der Waals surface area contributed by atoms with E-state index in [2.05, 4.69) is 45.6 Å². The van der Waals surface area contributed by atoms with Crippen molar-refractivity contribution in [3.05, 3.63) is 47.0 Å². The predicted octanol–water partition coefficient (Wildman–Crippen LogP) is 3.45. The van der Waals surface area contributed by atoms with Gasteiger partial charge in [0.25, 0.3) is 0 Å². The molecule has 2 aromatic rings. The average Bonchev–Trinajstić information content (AvgIpc) is 2.87. The lowest BCUT2D eigenvalue weighted by atomic mass is 9.99. The second kappa shape index (κ2) is 5.72. The molecule has 1 aliphatic heterocycles. The molecule has 19 heavy (non-hydrogen) atoms. The summed E-state index contributed by atoms with van der Waals surface area (Å²) in [5.41, 5.74) is 8.30. The predicted molar refractivity (Wildman–Crippen MR) is 80.0 cm³/mol. The molecular weight excluding hydrogens is 254 g/mol. The summed E-state index contributed by atoms with van der Waals surface area (Å²) < 4.78 is 0. The number of hydrogen-bond donors (Lipinski definition) is 1. The van der Waals surface area contributed by atoms with Crippen LogP contribution in [0.3, 0.4) is 0 Å². The number of aromatic nitrogens is 1. The van der Waals surface area contributed by atoms with E-state index in [1.165, 1.54) is 24.8 Å². The maximum absolute atomic E-state index is 5.77. The molecule has 0 radical (unpaired) electrons. The second-order valence-corrected chi connectivity index (χ2v) is 5.97. The zero-order valence-corrected chi connectivity index (χ0v) is 11.8. The molecule has 1 aromatic carbocycles. The molecule has 3 nitrogen and oxygen atoms in total. The Morgan fingerprint density at radius 2 is 2.11 bits per heavy atom. The van der Waals surface area contributed by atoms with Crippen molar-refractivity contribution in [2.75, 3.05) is 12.3 Å². The highest BCUT2D eigenvalue weighted by atomic mass is 32.1. The summed E-state index contributed by atoms with van der Waals surface area (Å²) in [6.07, 6.45) is 3.76. The number of nitrogens with two attached hydrogens (primary N) is 1. The topological polar surface area (TPSA) is 42.1 Å². The maximum atomic E-state index is 5.77. The standard InChI is InChI=1S/C15H19N3S/c16-15-17-13(11-19-15)14-8-4-5-9-18(14)10-12-6-2-1-3-7-12/h1-3,6-7,11,14H,4-5,8-10H2,(H2,16,17). The summed E-state index contributed by atoms with van der Waals surface area (Å²) in [5.74, 6) is 0. The highest BCUT2D eigenvalue weighted by molar-refractivity contribution is 7.13. The van der Waals surface area contributed by atoms with Gasteiger partial charge >= 0.3 is 0 Å². The molecule has 2 heterocycles. The van der Waals surface area contributed by atoms with Crippen LogP contribution in [0.25, 0.3) is 0 Å². The van der Waals surface area contributed by atoms with E-state index >= 15 is 0 Å². The van der Waals surface area contributed by atoms with E-state index in [1.807, 2.05) is 0 Å². The monoisotopic (exact) mass is 273 g/mol. The summed E-state index contributed by atoms with van der Waals surface area (Å²) in [6.45, 7) is 2.15. The molecule has 100 valence electrons. The summed E-state index contributed by atoms with van der Waals surface area (Å²) in [4.78, 5) is 7.02. The van der Waals surface area contributed by atoms with Crippen LogP contribution in [0, 0.1) is 0 Å². The SMILES string of the molecule is Nc1nc(C2CCCCN2Cc2ccccc2)cs1. The van der Waals surface area contributed by atoms with Crippen molar-refractivity contribution in [3.63, 3.8) is 0 Å². The molecule has 0 bridgehead atoms. The van der Waals surface area contributed by atoms with Crippen LogP contribution in [-0.4, -0.2) is 16.4 Å². The fourth-order valence-corrected chi connectivity index (χ4v) is 3.40. The number of anilines is 1. The lowest BCUT2D eigenvalue weighted by Crippen LogP contribution is -2.33. The smallest absolute Gasteiger partial charge is 0.180 e. The van der Waals surface area contributed by atoms with Gasteiger partial charge < -0.3 is 5.73 Å². The Labute approximate surface area is 118 Å². The number of piperidine rings is 1. The minimum Gasteiger partial charge on any atom is -0.375 e. The molecule has 0 amide bonds. The normalized spacial score (nSPS) is 20.5. The average molecular weight is 273 g/mol. The van der Waals surface area contributed by atoms with Crippen LogP contribution in [0.15, 0.2) is 35.7 Å². The highest BCUT2D eigenvalue weighted by Gasteiger charge is 2.25. The third-order valence-corrected chi connectivity index (χ3v) is 4.42. The van der Waals surface area contributed by atoms with Crippen molar-refractivity contribution in [2.24, 2.45) is 0 Å². The van der Waals surface area contributed by atoms with Crippen LogP contribution in [0.5, 0.6) is 0 Å². The third-order valence-electron chi connectivity index (χ3n) is 3.72. The first-order valence-corrected chi connectivity index (χ1v) is 7.70. The Bertz CT molecular complexity index is 523. The van der Waals surface area contributed by atoms with Crippen molar-refractivity contribution < 1.29 is 0 Å². The van der Waals surface area contributed by atoms with Gasteiger partial charge in [-0.1, -0.05) is 36.8 Å². The maximum Gasteiger partial charge on any atom is 0.180 e. The van der Waals surface area contributed by atoms with Gasteiger partial charge in [-0.2, -0.15) is 0 Å². The van der Waals surface area contributed by atoms with Gasteiger partial charge in [0, 0.05) is 11.9 Å². The van der Waals surface area contributed by atoms with Crippen molar-refractivity contribution >= 4 is 16.5 Å². The lowest BCUT2D eigenvalue weighted by molar-refractivity contribution is 0.138. The Morgan fingerprint density at radius 1 is 1.26 bits per heavy atom. The fourth-order valence-electron chi connectivity index (χ4n) is 2.79. The molecule has 2 N–H and O–H groups in total. The zero-order chi connectivity index (χ0) is 13.1. The van der Waals surface area contributed by atoms with Crippen LogP contribution in [0.2, 0.25) is 0 Å². The number of nitrogen functional groups attached to an aromatic ring is 1. The fraction of sp³-hybridized carbons (Fsp3) is 0.400. The highest BCUT2D eigenvalue weighted by Crippen LogP contribution is 2.33. The van der Waals surface area contributed by atoms with Crippen molar-refractivity contribution in [1.82, 2.24) is 9.88 Å². The van der Waals surface area contributed by atoms with E-state index in [-0.39, 0.29) is 0 Å².